The fourth-order valence-corrected chi connectivity index (χ4v) is 0. The molecule has 0 rings (SSSR count). The van der Waals surface area contributed by atoms with Gasteiger partial charge in [0, 0.05) is 76.3 Å². The molecule has 0 saturated heterocycles. The molecular weight excluding hydrogens is 402 g/mol. The first-order chi connectivity index (χ1) is 0. The van der Waals surface area contributed by atoms with Crippen LogP contribution in [0.5, 0.6) is 0 Å². The van der Waals surface area contributed by atoms with Crippen molar-refractivity contribution >= 4 is 0 Å². The standard InChI is InChI=1S/Co.Cr.Mo.Pt. The average molecular weight is 402 g/mol. The predicted molar refractivity (Wildman–Crippen MR) is 0 cm³/mol. The van der Waals surface area contributed by atoms with Crippen LogP contribution in [0, 0.1) is 0 Å². The first-order valence-electron chi connectivity index (χ1n) is 0. The van der Waals surface area contributed by atoms with E-state index in [0.717, 1.165) is 0 Å². The van der Waals surface area contributed by atoms with Crippen molar-refractivity contribution in [2.45, 2.75) is 0 Å². The summed E-state index contributed by atoms with van der Waals surface area (Å²) in [7, 11) is 0. The van der Waals surface area contributed by atoms with Gasteiger partial charge in [-0.1, -0.05) is 0 Å². The third kappa shape index (κ3) is 8.83. The Labute approximate surface area is 75.3 Å². The van der Waals surface area contributed by atoms with E-state index < -0.39 is 0 Å². The van der Waals surface area contributed by atoms with Crippen LogP contribution >= 0.6 is 0 Å². The quantitative estimate of drug-likeness (QED) is 0.501. The molecule has 0 atom stereocenters. The van der Waals surface area contributed by atoms with E-state index in [1.165, 1.54) is 0 Å². The van der Waals surface area contributed by atoms with E-state index in [0.29, 0.717) is 0 Å². The van der Waals surface area contributed by atoms with Gasteiger partial charge in [0.25, 0.3) is 0 Å². The Morgan fingerprint density at radius 2 is 1.00 bits per heavy atom. The monoisotopic (exact) mass is 404 g/mol. The first kappa shape index (κ1) is 32.2. The molecule has 0 N–H and O–H groups in total. The summed E-state index contributed by atoms with van der Waals surface area (Å²) < 4.78 is 0. The SMILES string of the molecule is [Co].[Cr].[Mo].[Pt]. The molecule has 0 aromatic rings. The van der Waals surface area contributed by atoms with E-state index in [9.17, 15) is 0 Å². The number of hydrogen-bond acceptors (Lipinski definition) is 0. The normalized spacial score (nSPS) is 0. The zero-order valence-electron chi connectivity index (χ0n) is 1.47. The van der Waals surface area contributed by atoms with Crippen LogP contribution in [0.1, 0.15) is 0 Å². The first-order valence-corrected chi connectivity index (χ1v) is 0. The summed E-state index contributed by atoms with van der Waals surface area (Å²) in [5.41, 5.74) is 0. The summed E-state index contributed by atoms with van der Waals surface area (Å²) in [4.78, 5) is 0. The third-order valence-corrected chi connectivity index (χ3v) is 0. The van der Waals surface area contributed by atoms with Crippen molar-refractivity contribution in [2.24, 2.45) is 0 Å². The molecule has 0 aromatic carbocycles. The summed E-state index contributed by atoms with van der Waals surface area (Å²) in [5.74, 6) is 0. The van der Waals surface area contributed by atoms with Crippen molar-refractivity contribution in [1.29, 1.82) is 0 Å². The number of rotatable bonds is 0. The molecule has 1 radical (unpaired) electrons. The van der Waals surface area contributed by atoms with Gasteiger partial charge in [-0.05, 0) is 0 Å². The van der Waals surface area contributed by atoms with Crippen LogP contribution in [-0.2, 0) is 76.3 Å². The minimum Gasteiger partial charge on any atom is 0 e. The molecule has 0 aliphatic heterocycles. The molecule has 4 heteroatoms. The maximum Gasteiger partial charge on any atom is 0 e. The molecule has 0 aromatic heterocycles. The van der Waals surface area contributed by atoms with Crippen molar-refractivity contribution in [1.82, 2.24) is 0 Å². The van der Waals surface area contributed by atoms with Gasteiger partial charge in [-0.2, -0.15) is 0 Å². The molecule has 0 aliphatic rings. The van der Waals surface area contributed by atoms with Crippen molar-refractivity contribution < 1.29 is 76.3 Å². The third-order valence-electron chi connectivity index (χ3n) is 0. The van der Waals surface area contributed by atoms with E-state index in [-0.39, 0.29) is 76.3 Å². The summed E-state index contributed by atoms with van der Waals surface area (Å²) in [5, 5.41) is 0. The minimum absolute atomic E-state index is 0. The van der Waals surface area contributed by atoms with Crippen LogP contribution in [0.4, 0.5) is 0 Å². The van der Waals surface area contributed by atoms with Gasteiger partial charge in [-0.25, -0.2) is 0 Å². The van der Waals surface area contributed by atoms with Crippen LogP contribution in [0.3, 0.4) is 0 Å². The van der Waals surface area contributed by atoms with Gasteiger partial charge in [0.1, 0.15) is 0 Å². The summed E-state index contributed by atoms with van der Waals surface area (Å²) in [6.07, 6.45) is 0. The maximum atomic E-state index is 0. The minimum atomic E-state index is 0. The maximum absolute atomic E-state index is 0. The Morgan fingerprint density at radius 3 is 1.00 bits per heavy atom. The molecule has 0 bridgehead atoms. The fourth-order valence-electron chi connectivity index (χ4n) is 0. The molecule has 0 spiro atoms. The second-order valence-corrected chi connectivity index (χ2v) is 0. The van der Waals surface area contributed by atoms with Gasteiger partial charge in [0.2, 0.25) is 0 Å². The Hall–Kier alpha value is 2.42. The van der Waals surface area contributed by atoms with Gasteiger partial charge in [0.05, 0.1) is 0 Å². The van der Waals surface area contributed by atoms with Crippen molar-refractivity contribution in [3.8, 4) is 0 Å². The van der Waals surface area contributed by atoms with Crippen LogP contribution < -0.4 is 0 Å². The molecule has 0 aliphatic carbocycles. The molecule has 31 valence electrons. The largest absolute Gasteiger partial charge is 0 e. The van der Waals surface area contributed by atoms with Gasteiger partial charge < -0.3 is 0 Å². The van der Waals surface area contributed by atoms with Crippen molar-refractivity contribution in [3.05, 3.63) is 0 Å². The Balaban J connectivity index is 0. The molecule has 0 unspecified atom stereocenters. The van der Waals surface area contributed by atoms with Crippen LogP contribution in [0.2, 0.25) is 0 Å². The molecule has 0 nitrogen and oxygen atoms in total. The van der Waals surface area contributed by atoms with E-state index in [1.54, 1.807) is 0 Å². The molecule has 0 amide bonds. The summed E-state index contributed by atoms with van der Waals surface area (Å²) in [6, 6.07) is 0. The van der Waals surface area contributed by atoms with Gasteiger partial charge in [-0.3, -0.25) is 0 Å². The average Bonchev–Trinajstić information content (AvgIpc) is 0. The van der Waals surface area contributed by atoms with Crippen LogP contribution in [-0.4, -0.2) is 0 Å². The van der Waals surface area contributed by atoms with Gasteiger partial charge >= 0.3 is 0 Å². The van der Waals surface area contributed by atoms with Crippen LogP contribution in [0.15, 0.2) is 0 Å². The van der Waals surface area contributed by atoms with E-state index in [2.05, 4.69) is 0 Å². The molecular formula is CoCrMoPt. The smallest absolute Gasteiger partial charge is 0 e. The van der Waals surface area contributed by atoms with E-state index >= 15 is 0 Å². The molecule has 4 heavy (non-hydrogen) atoms. The summed E-state index contributed by atoms with van der Waals surface area (Å²) in [6.45, 7) is 0. The number of hydrogen-bond donors (Lipinski definition) is 0. The fraction of sp³-hybridized carbons (Fsp3) is 0. The Kier molecular flexibility index (Phi) is 146. The van der Waals surface area contributed by atoms with E-state index in [1.807, 2.05) is 0 Å². The molecule has 0 fully saturated rings. The zero-order chi connectivity index (χ0) is 0. The van der Waals surface area contributed by atoms with E-state index in [4.69, 9.17) is 0 Å². The molecule has 0 saturated carbocycles. The second kappa shape index (κ2) is 18.1. The summed E-state index contributed by atoms with van der Waals surface area (Å²) >= 11 is 0. The van der Waals surface area contributed by atoms with Crippen molar-refractivity contribution in [3.63, 3.8) is 0 Å². The molecule has 0 heterocycles. The van der Waals surface area contributed by atoms with Gasteiger partial charge in [0.15, 0.2) is 0 Å². The topological polar surface area (TPSA) is 0 Å². The zero-order valence-corrected chi connectivity index (χ0v) is 8.06. The Morgan fingerprint density at radius 1 is 1.00 bits per heavy atom. The Bertz CT molecular complexity index is 8.00. The van der Waals surface area contributed by atoms with Crippen LogP contribution in [0.25, 0.3) is 0 Å². The van der Waals surface area contributed by atoms with Gasteiger partial charge in [-0.15, -0.1) is 0 Å². The van der Waals surface area contributed by atoms with Crippen molar-refractivity contribution in [2.75, 3.05) is 0 Å². The second-order valence-electron chi connectivity index (χ2n) is 0. The predicted octanol–water partition coefficient (Wildman–Crippen LogP) is -0.0100.